The lowest BCUT2D eigenvalue weighted by Crippen LogP contribution is -1.99. The maximum atomic E-state index is 9.33. The molecule has 2 N–H and O–H groups in total. The molecule has 0 atom stereocenters. The highest BCUT2D eigenvalue weighted by atomic mass is 35.5. The summed E-state index contributed by atoms with van der Waals surface area (Å²) >= 11 is 6.00. The van der Waals surface area contributed by atoms with Crippen LogP contribution in [-0.4, -0.2) is 4.57 Å². The minimum atomic E-state index is 0.507. The molecular weight excluding hydrogens is 270 g/mol. The molecule has 98 valence electrons. The fourth-order valence-corrected chi connectivity index (χ4v) is 2.51. The number of aromatic nitrogens is 1. The molecule has 4 heteroatoms. The van der Waals surface area contributed by atoms with E-state index in [9.17, 15) is 5.26 Å². The first-order valence-electron chi connectivity index (χ1n) is 6.23. The molecular formula is C16H12ClN3. The maximum Gasteiger partial charge on any atom is 0.125 e. The van der Waals surface area contributed by atoms with Gasteiger partial charge >= 0.3 is 0 Å². The minimum absolute atomic E-state index is 0.507. The van der Waals surface area contributed by atoms with Crippen LogP contribution in [-0.2, 0) is 6.54 Å². The fourth-order valence-electron chi connectivity index (χ4n) is 2.33. The van der Waals surface area contributed by atoms with Crippen molar-refractivity contribution in [2.45, 2.75) is 6.54 Å². The van der Waals surface area contributed by atoms with Crippen molar-refractivity contribution < 1.29 is 0 Å². The molecule has 0 aliphatic rings. The third-order valence-corrected chi connectivity index (χ3v) is 3.54. The zero-order chi connectivity index (χ0) is 14.1. The molecule has 0 radical (unpaired) electrons. The van der Waals surface area contributed by atoms with E-state index in [-0.39, 0.29) is 0 Å². The predicted molar refractivity (Wildman–Crippen MR) is 80.9 cm³/mol. The van der Waals surface area contributed by atoms with Crippen molar-refractivity contribution in [3.63, 3.8) is 0 Å². The van der Waals surface area contributed by atoms with E-state index in [0.717, 1.165) is 22.2 Å². The van der Waals surface area contributed by atoms with Gasteiger partial charge in [0.05, 0.1) is 5.52 Å². The van der Waals surface area contributed by atoms with Gasteiger partial charge in [-0.15, -0.1) is 0 Å². The maximum absolute atomic E-state index is 9.33. The van der Waals surface area contributed by atoms with Crippen LogP contribution in [0.5, 0.6) is 0 Å². The first-order chi connectivity index (χ1) is 9.72. The monoisotopic (exact) mass is 281 g/mol. The van der Waals surface area contributed by atoms with Crippen LogP contribution < -0.4 is 5.73 Å². The molecule has 1 heterocycles. The van der Waals surface area contributed by atoms with Crippen molar-refractivity contribution in [3.05, 3.63) is 64.8 Å². The molecule has 0 amide bonds. The number of benzene rings is 2. The molecule has 0 aliphatic carbocycles. The van der Waals surface area contributed by atoms with Gasteiger partial charge in [-0.05, 0) is 42.0 Å². The highest BCUT2D eigenvalue weighted by Crippen LogP contribution is 2.26. The summed E-state index contributed by atoms with van der Waals surface area (Å²) in [6.45, 7) is 0.507. The zero-order valence-corrected chi connectivity index (χ0v) is 11.4. The third-order valence-electron chi connectivity index (χ3n) is 3.31. The van der Waals surface area contributed by atoms with Crippen molar-refractivity contribution in [2.75, 3.05) is 0 Å². The second-order valence-corrected chi connectivity index (χ2v) is 4.99. The summed E-state index contributed by atoms with van der Waals surface area (Å²) < 4.78 is 1.92. The van der Waals surface area contributed by atoms with E-state index in [2.05, 4.69) is 6.07 Å². The smallest absolute Gasteiger partial charge is 0.125 e. The molecule has 0 saturated carbocycles. The minimum Gasteiger partial charge on any atom is -0.326 e. The normalized spacial score (nSPS) is 10.7. The van der Waals surface area contributed by atoms with Gasteiger partial charge in [-0.2, -0.15) is 5.26 Å². The van der Waals surface area contributed by atoms with E-state index in [4.69, 9.17) is 17.3 Å². The van der Waals surface area contributed by atoms with E-state index in [1.54, 1.807) is 0 Å². The van der Waals surface area contributed by atoms with Gasteiger partial charge in [0.25, 0.3) is 0 Å². The Morgan fingerprint density at radius 1 is 1.10 bits per heavy atom. The molecule has 3 aromatic rings. The van der Waals surface area contributed by atoms with Crippen molar-refractivity contribution in [1.29, 1.82) is 5.26 Å². The van der Waals surface area contributed by atoms with Crippen LogP contribution in [0.2, 0.25) is 5.02 Å². The molecule has 0 saturated heterocycles. The number of fused-ring (bicyclic) bond motifs is 1. The van der Waals surface area contributed by atoms with Crippen LogP contribution in [0.25, 0.3) is 16.6 Å². The second-order valence-electron chi connectivity index (χ2n) is 4.55. The number of hydrogen-bond donors (Lipinski definition) is 1. The summed E-state index contributed by atoms with van der Waals surface area (Å²) in [4.78, 5) is 0. The molecule has 0 fully saturated rings. The molecule has 0 spiro atoms. The predicted octanol–water partition coefficient (Wildman–Crippen LogP) is 3.61. The van der Waals surface area contributed by atoms with E-state index < -0.39 is 0 Å². The molecule has 0 unspecified atom stereocenters. The Morgan fingerprint density at radius 2 is 1.85 bits per heavy atom. The van der Waals surface area contributed by atoms with Gasteiger partial charge in [0.2, 0.25) is 0 Å². The van der Waals surface area contributed by atoms with E-state index >= 15 is 0 Å². The summed E-state index contributed by atoms with van der Waals surface area (Å²) in [5.41, 5.74) is 9.16. The lowest BCUT2D eigenvalue weighted by atomic mass is 10.2. The first kappa shape index (κ1) is 12.7. The lowest BCUT2D eigenvalue weighted by molar-refractivity contribution is 1.05. The van der Waals surface area contributed by atoms with Gasteiger partial charge in [0.15, 0.2) is 0 Å². The third kappa shape index (κ3) is 2.05. The molecule has 20 heavy (non-hydrogen) atoms. The van der Waals surface area contributed by atoms with Gasteiger partial charge in [-0.25, -0.2) is 0 Å². The number of nitriles is 1. The summed E-state index contributed by atoms with van der Waals surface area (Å²) in [6, 6.07) is 17.6. The number of nitrogens with zero attached hydrogens (tertiary/aromatic N) is 2. The van der Waals surface area contributed by atoms with Gasteiger partial charge in [-0.3, -0.25) is 0 Å². The van der Waals surface area contributed by atoms with Crippen LogP contribution in [0.1, 0.15) is 11.3 Å². The molecule has 0 bridgehead atoms. The van der Waals surface area contributed by atoms with Crippen LogP contribution in [0.15, 0.2) is 48.5 Å². The average Bonchev–Trinajstić information content (AvgIpc) is 2.84. The zero-order valence-electron chi connectivity index (χ0n) is 10.7. The van der Waals surface area contributed by atoms with Gasteiger partial charge in [-0.1, -0.05) is 23.7 Å². The Morgan fingerprint density at radius 3 is 2.50 bits per heavy atom. The molecule has 3 rings (SSSR count). The second kappa shape index (κ2) is 5.01. The molecule has 3 nitrogen and oxygen atoms in total. The van der Waals surface area contributed by atoms with Crippen LogP contribution >= 0.6 is 11.6 Å². The summed E-state index contributed by atoms with van der Waals surface area (Å²) in [6.07, 6.45) is 0. The van der Waals surface area contributed by atoms with Gasteiger partial charge < -0.3 is 10.3 Å². The lowest BCUT2D eigenvalue weighted by Gasteiger charge is -2.08. The fraction of sp³-hybridized carbons (Fsp3) is 0.0625. The quantitative estimate of drug-likeness (QED) is 0.780. The molecule has 1 aromatic heterocycles. The van der Waals surface area contributed by atoms with Gasteiger partial charge in [0, 0.05) is 22.6 Å². The standard InChI is InChI=1S/C16H12ClN3/c17-13-3-6-16-12(7-13)8-15(10-19)20(16)14-4-1-11(9-18)2-5-14/h1-8H,9,18H2. The summed E-state index contributed by atoms with van der Waals surface area (Å²) in [5, 5.41) is 10.9. The Bertz CT molecular complexity index is 810. The highest BCUT2D eigenvalue weighted by Gasteiger charge is 2.10. The van der Waals surface area contributed by atoms with Crippen molar-refractivity contribution in [3.8, 4) is 11.8 Å². The van der Waals surface area contributed by atoms with Crippen LogP contribution in [0.4, 0.5) is 0 Å². The highest BCUT2D eigenvalue weighted by molar-refractivity contribution is 6.31. The average molecular weight is 282 g/mol. The Kier molecular flexibility index (Phi) is 3.19. The van der Waals surface area contributed by atoms with E-state index in [1.165, 1.54) is 0 Å². The Balaban J connectivity index is 2.25. The molecule has 0 aliphatic heterocycles. The summed E-state index contributed by atoms with van der Waals surface area (Å²) in [5.74, 6) is 0. The van der Waals surface area contributed by atoms with Crippen LogP contribution in [0, 0.1) is 11.3 Å². The van der Waals surface area contributed by atoms with E-state index in [1.807, 2.05) is 53.1 Å². The number of rotatable bonds is 2. The van der Waals surface area contributed by atoms with Crippen molar-refractivity contribution >= 4 is 22.5 Å². The van der Waals surface area contributed by atoms with Crippen LogP contribution in [0.3, 0.4) is 0 Å². The topological polar surface area (TPSA) is 54.7 Å². The Hall–Kier alpha value is -2.28. The Labute approximate surface area is 121 Å². The van der Waals surface area contributed by atoms with Crippen molar-refractivity contribution in [1.82, 2.24) is 4.57 Å². The SMILES string of the molecule is N#Cc1cc2cc(Cl)ccc2n1-c1ccc(CN)cc1. The van der Waals surface area contributed by atoms with E-state index in [0.29, 0.717) is 17.3 Å². The summed E-state index contributed by atoms with van der Waals surface area (Å²) in [7, 11) is 0. The number of halogens is 1. The number of nitrogens with two attached hydrogens (primary N) is 1. The first-order valence-corrected chi connectivity index (χ1v) is 6.61. The largest absolute Gasteiger partial charge is 0.326 e. The number of hydrogen-bond acceptors (Lipinski definition) is 2. The molecule has 2 aromatic carbocycles. The van der Waals surface area contributed by atoms with Gasteiger partial charge in [0.1, 0.15) is 11.8 Å². The van der Waals surface area contributed by atoms with Crippen molar-refractivity contribution in [2.24, 2.45) is 5.73 Å².